The summed E-state index contributed by atoms with van der Waals surface area (Å²) in [5, 5.41) is 11.4. The molecule has 1 atom stereocenters. The Labute approximate surface area is 169 Å². The Hall–Kier alpha value is -3.38. The van der Waals surface area contributed by atoms with Crippen LogP contribution in [-0.2, 0) is 6.54 Å². The van der Waals surface area contributed by atoms with Gasteiger partial charge in [-0.2, -0.15) is 0 Å². The van der Waals surface area contributed by atoms with Gasteiger partial charge in [0.25, 0.3) is 0 Å². The minimum Gasteiger partial charge on any atom is -0.497 e. The highest BCUT2D eigenvalue weighted by atomic mass is 16.6. The van der Waals surface area contributed by atoms with Gasteiger partial charge in [-0.1, -0.05) is 24.3 Å². The van der Waals surface area contributed by atoms with Crippen molar-refractivity contribution in [2.75, 3.05) is 14.2 Å². The van der Waals surface area contributed by atoms with Gasteiger partial charge < -0.3 is 14.8 Å². The van der Waals surface area contributed by atoms with Crippen molar-refractivity contribution in [3.63, 3.8) is 0 Å². The molecule has 6 nitrogen and oxygen atoms in total. The van der Waals surface area contributed by atoms with Crippen LogP contribution in [-0.4, -0.2) is 24.5 Å². The van der Waals surface area contributed by atoms with Crippen molar-refractivity contribution < 1.29 is 14.1 Å². The topological polar surface area (TPSA) is 69.4 Å². The Bertz CT molecular complexity index is 1120. The van der Waals surface area contributed by atoms with Gasteiger partial charge in [-0.05, 0) is 70.3 Å². The summed E-state index contributed by atoms with van der Waals surface area (Å²) >= 11 is 0. The molecule has 0 saturated carbocycles. The van der Waals surface area contributed by atoms with Crippen LogP contribution in [0.25, 0.3) is 22.2 Å². The van der Waals surface area contributed by atoms with Crippen LogP contribution >= 0.6 is 0 Å². The quantitative estimate of drug-likeness (QED) is 0.492. The van der Waals surface area contributed by atoms with E-state index in [4.69, 9.17) is 14.1 Å². The van der Waals surface area contributed by atoms with Crippen molar-refractivity contribution in [3.05, 3.63) is 71.8 Å². The number of hydrogen-bond acceptors (Lipinski definition) is 6. The maximum absolute atomic E-state index is 5.57. The van der Waals surface area contributed by atoms with Crippen molar-refractivity contribution in [3.8, 4) is 22.6 Å². The molecule has 1 unspecified atom stereocenters. The minimum absolute atomic E-state index is 0.188. The summed E-state index contributed by atoms with van der Waals surface area (Å²) in [7, 11) is 3.36. The molecule has 0 bridgehead atoms. The van der Waals surface area contributed by atoms with E-state index in [2.05, 4.69) is 46.8 Å². The molecule has 3 aromatic carbocycles. The van der Waals surface area contributed by atoms with Gasteiger partial charge in [0.2, 0.25) is 0 Å². The van der Waals surface area contributed by atoms with Gasteiger partial charge in [-0.3, -0.25) is 0 Å². The highest BCUT2D eigenvalue weighted by molar-refractivity contribution is 5.82. The smallest absolute Gasteiger partial charge is 0.135 e. The molecule has 0 aliphatic rings. The zero-order valence-corrected chi connectivity index (χ0v) is 16.7. The number of nitrogens with zero attached hydrogens (tertiary/aromatic N) is 2. The first kappa shape index (κ1) is 19.0. The summed E-state index contributed by atoms with van der Waals surface area (Å²) in [6, 6.07) is 20.4. The van der Waals surface area contributed by atoms with E-state index in [1.807, 2.05) is 36.4 Å². The third-order valence-corrected chi connectivity index (χ3v) is 5.03. The van der Waals surface area contributed by atoms with Crippen molar-refractivity contribution in [2.45, 2.75) is 19.5 Å². The van der Waals surface area contributed by atoms with Crippen molar-refractivity contribution >= 4 is 11.0 Å². The first-order chi connectivity index (χ1) is 14.2. The largest absolute Gasteiger partial charge is 0.497 e. The van der Waals surface area contributed by atoms with Gasteiger partial charge in [-0.15, -0.1) is 0 Å². The summed E-state index contributed by atoms with van der Waals surface area (Å²) in [6.07, 6.45) is 0. The van der Waals surface area contributed by atoms with Crippen molar-refractivity contribution in [2.24, 2.45) is 0 Å². The minimum atomic E-state index is 0.188. The lowest BCUT2D eigenvalue weighted by molar-refractivity contribution is 0.315. The van der Waals surface area contributed by atoms with Crippen LogP contribution in [0.2, 0.25) is 0 Å². The Morgan fingerprint density at radius 2 is 1.79 bits per heavy atom. The molecule has 0 fully saturated rings. The molecule has 0 amide bonds. The first-order valence-electron chi connectivity index (χ1n) is 9.45. The van der Waals surface area contributed by atoms with E-state index in [1.165, 1.54) is 5.56 Å². The second-order valence-corrected chi connectivity index (χ2v) is 6.88. The van der Waals surface area contributed by atoms with Crippen molar-refractivity contribution in [1.82, 2.24) is 15.6 Å². The Kier molecular flexibility index (Phi) is 5.44. The van der Waals surface area contributed by atoms with Gasteiger partial charge in [0.15, 0.2) is 0 Å². The zero-order valence-electron chi connectivity index (χ0n) is 16.7. The van der Waals surface area contributed by atoms with Crippen LogP contribution in [0, 0.1) is 0 Å². The molecular formula is C23H23N3O3. The number of nitrogens with one attached hydrogen (secondary N) is 1. The van der Waals surface area contributed by atoms with Crippen LogP contribution in [0.5, 0.6) is 11.5 Å². The van der Waals surface area contributed by atoms with E-state index in [0.717, 1.165) is 45.8 Å². The van der Waals surface area contributed by atoms with Crippen LogP contribution in [0.15, 0.2) is 65.3 Å². The summed E-state index contributed by atoms with van der Waals surface area (Å²) in [5.41, 5.74) is 5.81. The third kappa shape index (κ3) is 4.07. The highest BCUT2D eigenvalue weighted by Crippen LogP contribution is 2.32. The van der Waals surface area contributed by atoms with E-state index >= 15 is 0 Å². The summed E-state index contributed by atoms with van der Waals surface area (Å²) in [6.45, 7) is 2.87. The molecule has 4 rings (SSSR count). The molecule has 1 aromatic heterocycles. The molecule has 1 heterocycles. The molecule has 6 heteroatoms. The lowest BCUT2D eigenvalue weighted by Crippen LogP contribution is -2.18. The summed E-state index contributed by atoms with van der Waals surface area (Å²) < 4.78 is 15.7. The van der Waals surface area contributed by atoms with E-state index < -0.39 is 0 Å². The number of fused-ring (bicyclic) bond motifs is 1. The first-order valence-corrected chi connectivity index (χ1v) is 9.45. The second-order valence-electron chi connectivity index (χ2n) is 6.88. The summed E-state index contributed by atoms with van der Waals surface area (Å²) in [4.78, 5) is 0. The van der Waals surface area contributed by atoms with E-state index in [0.29, 0.717) is 0 Å². The highest BCUT2D eigenvalue weighted by Gasteiger charge is 2.11. The predicted octanol–water partition coefficient (Wildman–Crippen LogP) is 4.76. The Morgan fingerprint density at radius 3 is 2.62 bits per heavy atom. The zero-order chi connectivity index (χ0) is 20.2. The van der Waals surface area contributed by atoms with E-state index in [9.17, 15) is 0 Å². The molecular weight excluding hydrogens is 366 g/mol. The lowest BCUT2D eigenvalue weighted by Gasteiger charge is -2.16. The number of hydrogen-bond donors (Lipinski definition) is 1. The number of ether oxygens (including phenoxy) is 2. The number of methoxy groups -OCH3 is 2. The lowest BCUT2D eigenvalue weighted by atomic mass is 10.0. The predicted molar refractivity (Wildman–Crippen MR) is 112 cm³/mol. The molecule has 1 N–H and O–H groups in total. The fourth-order valence-corrected chi connectivity index (χ4v) is 3.34. The van der Waals surface area contributed by atoms with E-state index in [-0.39, 0.29) is 6.04 Å². The molecule has 0 aliphatic heterocycles. The maximum Gasteiger partial charge on any atom is 0.135 e. The van der Waals surface area contributed by atoms with Gasteiger partial charge in [-0.25, -0.2) is 4.63 Å². The molecule has 0 aliphatic carbocycles. The molecule has 148 valence electrons. The van der Waals surface area contributed by atoms with Gasteiger partial charge in [0, 0.05) is 18.2 Å². The average Bonchev–Trinajstić information content (AvgIpc) is 3.25. The Balaban J connectivity index is 1.56. The normalized spacial score (nSPS) is 12.1. The van der Waals surface area contributed by atoms with Crippen molar-refractivity contribution in [1.29, 1.82) is 0 Å². The molecule has 0 spiro atoms. The summed E-state index contributed by atoms with van der Waals surface area (Å²) in [5.74, 6) is 1.67. The molecule has 29 heavy (non-hydrogen) atoms. The molecule has 4 aromatic rings. The number of rotatable bonds is 7. The SMILES string of the molecule is COc1cccc(C(C)NCc2ccc(OC)c(-c3ccc4nonc4c3)c2)c1. The fraction of sp³-hybridized carbons (Fsp3) is 0.217. The van der Waals surface area contributed by atoms with Crippen LogP contribution in [0.3, 0.4) is 0 Å². The van der Waals surface area contributed by atoms with E-state index in [1.54, 1.807) is 14.2 Å². The monoisotopic (exact) mass is 389 g/mol. The van der Waals surface area contributed by atoms with Gasteiger partial charge in [0.1, 0.15) is 22.5 Å². The maximum atomic E-state index is 5.57. The van der Waals surface area contributed by atoms with Gasteiger partial charge in [0.05, 0.1) is 14.2 Å². The molecule has 0 radical (unpaired) electrons. The molecule has 0 saturated heterocycles. The van der Waals surface area contributed by atoms with Crippen LogP contribution in [0.1, 0.15) is 24.1 Å². The van der Waals surface area contributed by atoms with Crippen LogP contribution < -0.4 is 14.8 Å². The Morgan fingerprint density at radius 1 is 0.931 bits per heavy atom. The number of aromatic nitrogens is 2. The number of benzene rings is 3. The van der Waals surface area contributed by atoms with Gasteiger partial charge >= 0.3 is 0 Å². The average molecular weight is 389 g/mol. The van der Waals surface area contributed by atoms with Crippen LogP contribution in [0.4, 0.5) is 0 Å². The fourth-order valence-electron chi connectivity index (χ4n) is 3.34. The standard InChI is InChI=1S/C23H23N3O3/c1-15(17-5-4-6-19(12-17)27-2)24-14-16-7-10-23(28-3)20(11-16)18-8-9-21-22(13-18)26-29-25-21/h4-13,15,24H,14H2,1-3H3. The third-order valence-electron chi connectivity index (χ3n) is 5.03. The second kappa shape index (κ2) is 8.32.